The number of methoxy groups -OCH3 is 1. The smallest absolute Gasteiger partial charge is 0.325 e. The van der Waals surface area contributed by atoms with Gasteiger partial charge in [0.2, 0.25) is 0 Å². The second-order valence-corrected chi connectivity index (χ2v) is 4.78. The summed E-state index contributed by atoms with van der Waals surface area (Å²) in [7, 11) is 1.50. The largest absolute Gasteiger partial charge is 0.497 e. The third-order valence-corrected chi connectivity index (χ3v) is 3.28. The highest BCUT2D eigenvalue weighted by Gasteiger charge is 2.34. The van der Waals surface area contributed by atoms with Crippen LogP contribution in [0.4, 0.5) is 11.4 Å². The minimum atomic E-state index is -0.449. The van der Waals surface area contributed by atoms with Crippen molar-refractivity contribution in [3.8, 4) is 5.75 Å². The lowest BCUT2D eigenvalue weighted by Gasteiger charge is -2.23. The van der Waals surface area contributed by atoms with Crippen LogP contribution in [-0.2, 0) is 9.53 Å². The predicted octanol–water partition coefficient (Wildman–Crippen LogP) is 2.14. The van der Waals surface area contributed by atoms with E-state index in [1.807, 2.05) is 0 Å². The number of benzene rings is 1. The average Bonchev–Trinajstić information content (AvgIpc) is 3.28. The number of carbonyl (C=O) groups is 1. The van der Waals surface area contributed by atoms with Gasteiger partial charge in [-0.2, -0.15) is 0 Å². The Balaban J connectivity index is 2.34. The Morgan fingerprint density at radius 2 is 2.19 bits per heavy atom. The van der Waals surface area contributed by atoms with Crippen LogP contribution in [0.5, 0.6) is 5.75 Å². The third kappa shape index (κ3) is 3.62. The van der Waals surface area contributed by atoms with E-state index in [1.54, 1.807) is 17.9 Å². The van der Waals surface area contributed by atoms with Gasteiger partial charge in [0.25, 0.3) is 5.69 Å². The van der Waals surface area contributed by atoms with Crippen molar-refractivity contribution in [2.75, 3.05) is 25.2 Å². The number of nitrogens with zero attached hydrogens (tertiary/aromatic N) is 2. The standard InChI is InChI=1S/C14H18N2O5/c1-3-21-14(17)9-15(10-4-5-10)13-8-11(20-2)6-7-12(13)16(18)19/h6-8,10H,3-5,9H2,1-2H3. The van der Waals surface area contributed by atoms with E-state index >= 15 is 0 Å². The fraction of sp³-hybridized carbons (Fsp3) is 0.500. The first kappa shape index (κ1) is 15.1. The molecule has 7 heteroatoms. The Kier molecular flexibility index (Phi) is 4.62. The second kappa shape index (κ2) is 6.43. The van der Waals surface area contributed by atoms with Gasteiger partial charge < -0.3 is 14.4 Å². The first-order valence-electron chi connectivity index (χ1n) is 6.81. The van der Waals surface area contributed by atoms with Crippen molar-refractivity contribution >= 4 is 17.3 Å². The summed E-state index contributed by atoms with van der Waals surface area (Å²) in [5, 5.41) is 11.2. The fourth-order valence-electron chi connectivity index (χ4n) is 2.16. The number of anilines is 1. The number of carbonyl (C=O) groups excluding carboxylic acids is 1. The zero-order valence-electron chi connectivity index (χ0n) is 12.1. The molecule has 0 radical (unpaired) electrons. The second-order valence-electron chi connectivity index (χ2n) is 4.78. The molecule has 0 aliphatic heterocycles. The van der Waals surface area contributed by atoms with Crippen LogP contribution in [0.15, 0.2) is 18.2 Å². The van der Waals surface area contributed by atoms with Gasteiger partial charge in [-0.15, -0.1) is 0 Å². The minimum absolute atomic E-state index is 0.00646. The molecule has 1 aliphatic rings. The summed E-state index contributed by atoms with van der Waals surface area (Å²) in [5.74, 6) is 0.131. The van der Waals surface area contributed by atoms with E-state index in [0.29, 0.717) is 11.4 Å². The van der Waals surface area contributed by atoms with E-state index in [0.717, 1.165) is 12.8 Å². The molecule has 2 rings (SSSR count). The molecule has 1 saturated carbocycles. The lowest BCUT2D eigenvalue weighted by Crippen LogP contribution is -2.33. The SMILES string of the molecule is CCOC(=O)CN(c1cc(OC)ccc1[N+](=O)[O-])C1CC1. The molecule has 0 saturated heterocycles. The van der Waals surface area contributed by atoms with Crippen LogP contribution >= 0.6 is 0 Å². The van der Waals surface area contributed by atoms with Gasteiger partial charge in [-0.1, -0.05) is 0 Å². The Morgan fingerprint density at radius 1 is 1.48 bits per heavy atom. The summed E-state index contributed by atoms with van der Waals surface area (Å²) in [5.41, 5.74) is 0.363. The zero-order chi connectivity index (χ0) is 15.4. The topological polar surface area (TPSA) is 81.9 Å². The molecule has 0 heterocycles. The van der Waals surface area contributed by atoms with Crippen LogP contribution in [0, 0.1) is 10.1 Å². The van der Waals surface area contributed by atoms with E-state index in [2.05, 4.69) is 0 Å². The van der Waals surface area contributed by atoms with E-state index < -0.39 is 4.92 Å². The number of hydrogen-bond donors (Lipinski definition) is 0. The summed E-state index contributed by atoms with van der Waals surface area (Å²) in [6, 6.07) is 4.67. The van der Waals surface area contributed by atoms with Gasteiger partial charge in [0.15, 0.2) is 0 Å². The Bertz CT molecular complexity index is 542. The number of rotatable bonds is 7. The Hall–Kier alpha value is -2.31. The van der Waals surface area contributed by atoms with Crippen LogP contribution in [-0.4, -0.2) is 37.2 Å². The molecule has 1 aromatic rings. The van der Waals surface area contributed by atoms with Gasteiger partial charge in [0.05, 0.1) is 18.6 Å². The first-order valence-corrected chi connectivity index (χ1v) is 6.81. The lowest BCUT2D eigenvalue weighted by atomic mass is 10.2. The van der Waals surface area contributed by atoms with Crippen molar-refractivity contribution in [3.05, 3.63) is 28.3 Å². The van der Waals surface area contributed by atoms with Crippen LogP contribution in [0.25, 0.3) is 0 Å². The van der Waals surface area contributed by atoms with Crippen LogP contribution < -0.4 is 9.64 Å². The molecule has 0 N–H and O–H groups in total. The van der Waals surface area contributed by atoms with Crippen molar-refractivity contribution in [2.24, 2.45) is 0 Å². The number of hydrogen-bond acceptors (Lipinski definition) is 6. The maximum atomic E-state index is 11.7. The highest BCUT2D eigenvalue weighted by atomic mass is 16.6. The maximum Gasteiger partial charge on any atom is 0.325 e. The summed E-state index contributed by atoms with van der Waals surface area (Å²) in [4.78, 5) is 24.2. The quantitative estimate of drug-likeness (QED) is 0.435. The molecule has 1 aliphatic carbocycles. The highest BCUT2D eigenvalue weighted by Crippen LogP contribution is 2.38. The van der Waals surface area contributed by atoms with Crippen molar-refractivity contribution < 1.29 is 19.2 Å². The maximum absolute atomic E-state index is 11.7. The molecule has 1 aromatic carbocycles. The van der Waals surface area contributed by atoms with Crippen molar-refractivity contribution in [2.45, 2.75) is 25.8 Å². The van der Waals surface area contributed by atoms with Gasteiger partial charge in [-0.25, -0.2) is 0 Å². The van der Waals surface area contributed by atoms with Crippen molar-refractivity contribution in [3.63, 3.8) is 0 Å². The normalized spacial score (nSPS) is 13.6. The first-order chi connectivity index (χ1) is 10.1. The van der Waals surface area contributed by atoms with Crippen LogP contribution in [0.1, 0.15) is 19.8 Å². The van der Waals surface area contributed by atoms with E-state index in [-0.39, 0.29) is 30.9 Å². The van der Waals surface area contributed by atoms with Gasteiger partial charge >= 0.3 is 5.97 Å². The average molecular weight is 294 g/mol. The third-order valence-electron chi connectivity index (χ3n) is 3.28. The van der Waals surface area contributed by atoms with Gasteiger partial charge in [-0.05, 0) is 25.8 Å². The lowest BCUT2D eigenvalue weighted by molar-refractivity contribution is -0.384. The molecular weight excluding hydrogens is 276 g/mol. The molecule has 0 atom stereocenters. The monoisotopic (exact) mass is 294 g/mol. The summed E-state index contributed by atoms with van der Waals surface area (Å²) in [6.45, 7) is 2.03. The van der Waals surface area contributed by atoms with E-state index in [9.17, 15) is 14.9 Å². The molecule has 21 heavy (non-hydrogen) atoms. The predicted molar refractivity (Wildman–Crippen MR) is 76.6 cm³/mol. The van der Waals surface area contributed by atoms with Crippen LogP contribution in [0.2, 0.25) is 0 Å². The summed E-state index contributed by atoms with van der Waals surface area (Å²) >= 11 is 0. The summed E-state index contributed by atoms with van der Waals surface area (Å²) < 4.78 is 10.1. The highest BCUT2D eigenvalue weighted by molar-refractivity contribution is 5.79. The molecule has 7 nitrogen and oxygen atoms in total. The number of ether oxygens (including phenoxy) is 2. The number of nitro benzene ring substituents is 1. The van der Waals surface area contributed by atoms with Crippen molar-refractivity contribution in [1.29, 1.82) is 0 Å². The molecule has 0 spiro atoms. The summed E-state index contributed by atoms with van der Waals surface area (Å²) in [6.07, 6.45) is 1.82. The zero-order valence-corrected chi connectivity index (χ0v) is 12.1. The number of esters is 1. The Labute approximate surface area is 122 Å². The van der Waals surface area contributed by atoms with Gasteiger partial charge in [-0.3, -0.25) is 14.9 Å². The van der Waals surface area contributed by atoms with E-state index in [4.69, 9.17) is 9.47 Å². The number of nitro groups is 1. The van der Waals surface area contributed by atoms with Crippen molar-refractivity contribution in [1.82, 2.24) is 0 Å². The molecule has 0 aromatic heterocycles. The van der Waals surface area contributed by atoms with Gasteiger partial charge in [0, 0.05) is 18.2 Å². The minimum Gasteiger partial charge on any atom is -0.497 e. The molecule has 1 fully saturated rings. The molecule has 0 bridgehead atoms. The molecule has 0 amide bonds. The molecular formula is C14H18N2O5. The van der Waals surface area contributed by atoms with E-state index in [1.165, 1.54) is 19.2 Å². The molecule has 0 unspecified atom stereocenters. The molecule has 114 valence electrons. The van der Waals surface area contributed by atoms with Gasteiger partial charge in [0.1, 0.15) is 18.0 Å². The fourth-order valence-corrected chi connectivity index (χ4v) is 2.16. The van der Waals surface area contributed by atoms with Crippen LogP contribution in [0.3, 0.4) is 0 Å². The Morgan fingerprint density at radius 3 is 2.71 bits per heavy atom.